The van der Waals surface area contributed by atoms with E-state index in [9.17, 15) is 0 Å². The summed E-state index contributed by atoms with van der Waals surface area (Å²) >= 11 is 0. The summed E-state index contributed by atoms with van der Waals surface area (Å²) in [6.45, 7) is 5.96. The van der Waals surface area contributed by atoms with Crippen LogP contribution in [0, 0.1) is 13.8 Å². The van der Waals surface area contributed by atoms with Crippen molar-refractivity contribution in [2.45, 2.75) is 32.7 Å². The van der Waals surface area contributed by atoms with Crippen molar-refractivity contribution in [3.63, 3.8) is 0 Å². The molecule has 0 N–H and O–H groups in total. The second kappa shape index (κ2) is 6.81. The van der Waals surface area contributed by atoms with Crippen molar-refractivity contribution in [3.05, 3.63) is 29.7 Å². The molecule has 0 bridgehead atoms. The molecule has 0 unspecified atom stereocenters. The molecule has 4 aromatic rings. The highest BCUT2D eigenvalue weighted by Crippen LogP contribution is 2.37. The summed E-state index contributed by atoms with van der Waals surface area (Å²) in [6, 6.07) is 6.20. The number of aromatic nitrogens is 5. The van der Waals surface area contributed by atoms with E-state index in [1.54, 1.807) is 7.11 Å². The third-order valence-electron chi connectivity index (χ3n) is 5.73. The molecule has 0 saturated carbocycles. The lowest BCUT2D eigenvalue weighted by atomic mass is 10.0. The number of ether oxygens (including phenoxy) is 1. The molecule has 1 aliphatic heterocycles. The number of nitrogens with zero attached hydrogens (tertiary/aromatic N) is 6. The zero-order valence-corrected chi connectivity index (χ0v) is 17.1. The number of likely N-dealkylation sites (tertiary alicyclic amines) is 1. The maximum absolute atomic E-state index is 5.76. The molecule has 0 atom stereocenters. The van der Waals surface area contributed by atoms with E-state index >= 15 is 0 Å². The summed E-state index contributed by atoms with van der Waals surface area (Å²) in [4.78, 5) is 13.4. The van der Waals surface area contributed by atoms with Crippen LogP contribution in [0.3, 0.4) is 0 Å². The van der Waals surface area contributed by atoms with Crippen LogP contribution >= 0.6 is 0 Å². The largest absolute Gasteiger partial charge is 0.496 e. The molecule has 29 heavy (non-hydrogen) atoms. The number of rotatable bonds is 3. The third kappa shape index (κ3) is 3.04. The Morgan fingerprint density at radius 2 is 1.90 bits per heavy atom. The number of hydrogen-bond acceptors (Lipinski definition) is 7. The van der Waals surface area contributed by atoms with Crippen LogP contribution in [0.4, 0.5) is 0 Å². The Morgan fingerprint density at radius 3 is 2.66 bits per heavy atom. The zero-order valence-electron chi connectivity index (χ0n) is 17.1. The van der Waals surface area contributed by atoms with Gasteiger partial charge in [-0.3, -0.25) is 0 Å². The minimum absolute atomic E-state index is 0.328. The Morgan fingerprint density at radius 1 is 1.10 bits per heavy atom. The van der Waals surface area contributed by atoms with Gasteiger partial charge in [0.1, 0.15) is 16.8 Å². The van der Waals surface area contributed by atoms with Gasteiger partial charge in [-0.05, 0) is 58.1 Å². The molecule has 4 heterocycles. The number of fused-ring (bicyclic) bond motifs is 2. The van der Waals surface area contributed by atoms with Gasteiger partial charge in [-0.25, -0.2) is 9.97 Å². The van der Waals surface area contributed by atoms with E-state index in [0.717, 1.165) is 65.1 Å². The molecule has 0 amide bonds. The fraction of sp³-hybridized carbons (Fsp3) is 0.429. The first-order chi connectivity index (χ1) is 14.0. The topological polar surface area (TPSA) is 82.1 Å². The number of methoxy groups -OCH3 is 1. The van der Waals surface area contributed by atoms with E-state index in [1.165, 1.54) is 0 Å². The smallest absolute Gasteiger partial charge is 0.202 e. The molecule has 8 nitrogen and oxygen atoms in total. The van der Waals surface area contributed by atoms with Crippen LogP contribution < -0.4 is 4.74 Å². The Kier molecular flexibility index (Phi) is 4.24. The molecule has 1 aliphatic rings. The average molecular weight is 392 g/mol. The van der Waals surface area contributed by atoms with Crippen LogP contribution in [0.25, 0.3) is 33.5 Å². The van der Waals surface area contributed by atoms with Crippen LogP contribution in [0.15, 0.2) is 22.6 Å². The van der Waals surface area contributed by atoms with Crippen molar-refractivity contribution in [2.75, 3.05) is 27.2 Å². The van der Waals surface area contributed by atoms with Crippen LogP contribution in [-0.2, 0) is 0 Å². The molecule has 5 rings (SSSR count). The van der Waals surface area contributed by atoms with Crippen LogP contribution in [0.1, 0.15) is 30.3 Å². The highest BCUT2D eigenvalue weighted by molar-refractivity contribution is 5.88. The van der Waals surface area contributed by atoms with E-state index in [-0.39, 0.29) is 0 Å². The van der Waals surface area contributed by atoms with Gasteiger partial charge in [0.15, 0.2) is 11.5 Å². The molecule has 0 aliphatic carbocycles. The fourth-order valence-electron chi connectivity index (χ4n) is 4.13. The van der Waals surface area contributed by atoms with E-state index in [2.05, 4.69) is 22.0 Å². The van der Waals surface area contributed by atoms with Crippen LogP contribution in [-0.4, -0.2) is 57.1 Å². The normalized spacial score (nSPS) is 16.1. The quantitative estimate of drug-likeness (QED) is 0.527. The first kappa shape index (κ1) is 18.1. The van der Waals surface area contributed by atoms with Gasteiger partial charge in [-0.1, -0.05) is 0 Å². The minimum atomic E-state index is 0.328. The zero-order chi connectivity index (χ0) is 20.1. The Balaban J connectivity index is 1.58. The summed E-state index contributed by atoms with van der Waals surface area (Å²) in [5.41, 5.74) is 5.59. The van der Waals surface area contributed by atoms with Crippen LogP contribution in [0.2, 0.25) is 0 Å². The van der Waals surface area contributed by atoms with Crippen molar-refractivity contribution in [3.8, 4) is 17.0 Å². The minimum Gasteiger partial charge on any atom is -0.496 e. The molecular weight excluding hydrogens is 368 g/mol. The molecule has 150 valence electrons. The first-order valence-corrected chi connectivity index (χ1v) is 9.90. The standard InChI is InChI=1S/C21H24N6O2/c1-12-19-18(29-13(2)22-19)11-15(20(12)28-4)16-5-6-17-21(23-16)25-27(24-17)14-7-9-26(3)10-8-14/h5-6,11,14H,7-10H2,1-4H3. The van der Waals surface area contributed by atoms with Crippen molar-refractivity contribution >= 4 is 22.3 Å². The van der Waals surface area contributed by atoms with Gasteiger partial charge in [-0.15, -0.1) is 5.10 Å². The summed E-state index contributed by atoms with van der Waals surface area (Å²) in [5.74, 6) is 1.38. The van der Waals surface area contributed by atoms with Crippen molar-refractivity contribution in [1.29, 1.82) is 0 Å². The average Bonchev–Trinajstić information content (AvgIpc) is 3.30. The van der Waals surface area contributed by atoms with E-state index < -0.39 is 0 Å². The molecule has 0 radical (unpaired) electrons. The second-order valence-corrected chi connectivity index (χ2v) is 7.76. The van der Waals surface area contributed by atoms with Gasteiger partial charge in [0.2, 0.25) is 5.65 Å². The molecule has 1 saturated heterocycles. The third-order valence-corrected chi connectivity index (χ3v) is 5.73. The molecule has 1 fully saturated rings. The Labute approximate surface area is 168 Å². The number of hydrogen-bond donors (Lipinski definition) is 0. The van der Waals surface area contributed by atoms with Gasteiger partial charge in [0.25, 0.3) is 0 Å². The highest BCUT2D eigenvalue weighted by atomic mass is 16.5. The van der Waals surface area contributed by atoms with Gasteiger partial charge in [-0.2, -0.15) is 9.90 Å². The fourth-order valence-corrected chi connectivity index (χ4v) is 4.13. The lowest BCUT2D eigenvalue weighted by Gasteiger charge is -2.27. The molecule has 8 heteroatoms. The predicted molar refractivity (Wildman–Crippen MR) is 110 cm³/mol. The molecule has 3 aromatic heterocycles. The van der Waals surface area contributed by atoms with Gasteiger partial charge < -0.3 is 14.1 Å². The van der Waals surface area contributed by atoms with Gasteiger partial charge >= 0.3 is 0 Å². The second-order valence-electron chi connectivity index (χ2n) is 7.76. The lowest BCUT2D eigenvalue weighted by molar-refractivity contribution is 0.202. The highest BCUT2D eigenvalue weighted by Gasteiger charge is 2.22. The van der Waals surface area contributed by atoms with E-state index in [1.807, 2.05) is 36.8 Å². The lowest BCUT2D eigenvalue weighted by Crippen LogP contribution is -2.32. The Bertz CT molecular complexity index is 1200. The first-order valence-electron chi connectivity index (χ1n) is 9.90. The number of benzene rings is 1. The maximum atomic E-state index is 5.76. The summed E-state index contributed by atoms with van der Waals surface area (Å²) < 4.78 is 11.5. The molecular formula is C21H24N6O2. The van der Waals surface area contributed by atoms with Crippen molar-refractivity contribution in [1.82, 2.24) is 29.9 Å². The van der Waals surface area contributed by atoms with Gasteiger partial charge in [0.05, 0.1) is 18.8 Å². The van der Waals surface area contributed by atoms with E-state index in [4.69, 9.17) is 19.2 Å². The number of aryl methyl sites for hydroxylation is 2. The van der Waals surface area contributed by atoms with Crippen molar-refractivity contribution < 1.29 is 9.15 Å². The predicted octanol–water partition coefficient (Wildman–Crippen LogP) is 3.53. The van der Waals surface area contributed by atoms with Crippen LogP contribution in [0.5, 0.6) is 5.75 Å². The maximum Gasteiger partial charge on any atom is 0.202 e. The monoisotopic (exact) mass is 392 g/mol. The molecule has 0 spiro atoms. The number of piperidine rings is 1. The number of pyridine rings is 1. The Hall–Kier alpha value is -3.00. The van der Waals surface area contributed by atoms with E-state index in [0.29, 0.717) is 17.6 Å². The summed E-state index contributed by atoms with van der Waals surface area (Å²) in [7, 11) is 3.82. The molecule has 1 aromatic carbocycles. The van der Waals surface area contributed by atoms with Crippen molar-refractivity contribution in [2.24, 2.45) is 0 Å². The summed E-state index contributed by atoms with van der Waals surface area (Å²) in [6.07, 6.45) is 2.11. The SMILES string of the molecule is COc1c(-c2ccc3nn(C4CCN(C)CC4)nc3n2)cc2oc(C)nc2c1C. The number of oxazole rings is 1. The van der Waals surface area contributed by atoms with Gasteiger partial charge in [0, 0.05) is 18.1 Å². The summed E-state index contributed by atoms with van der Waals surface area (Å²) in [5, 5.41) is 9.37.